The van der Waals surface area contributed by atoms with Crippen molar-refractivity contribution < 1.29 is 0 Å². The first kappa shape index (κ1) is 13.2. The van der Waals surface area contributed by atoms with Crippen LogP contribution in [0.1, 0.15) is 24.9 Å². The standard InChI is InChI=1S/C9H11BrClN.ClH/c1-2-9(12)6-3-4-8(11)7(10)5-6;/h3-5,9H,2,12H2,1H3;1H. The van der Waals surface area contributed by atoms with Gasteiger partial charge in [-0.15, -0.1) is 12.4 Å². The molecule has 0 aliphatic rings. The van der Waals surface area contributed by atoms with Crippen molar-refractivity contribution in [1.29, 1.82) is 0 Å². The molecule has 0 amide bonds. The Morgan fingerprint density at radius 3 is 2.62 bits per heavy atom. The number of halogens is 3. The van der Waals surface area contributed by atoms with E-state index in [1.165, 1.54) is 0 Å². The lowest BCUT2D eigenvalue weighted by molar-refractivity contribution is 0.698. The van der Waals surface area contributed by atoms with Crippen LogP contribution in [-0.4, -0.2) is 0 Å². The summed E-state index contributed by atoms with van der Waals surface area (Å²) < 4.78 is 0.908. The number of rotatable bonds is 2. The van der Waals surface area contributed by atoms with Crippen LogP contribution in [0.2, 0.25) is 5.02 Å². The van der Waals surface area contributed by atoms with Gasteiger partial charge in [-0.25, -0.2) is 0 Å². The Kier molecular flexibility index (Phi) is 5.97. The van der Waals surface area contributed by atoms with Crippen molar-refractivity contribution in [3.63, 3.8) is 0 Å². The molecule has 1 atom stereocenters. The molecule has 0 radical (unpaired) electrons. The molecule has 13 heavy (non-hydrogen) atoms. The minimum absolute atomic E-state index is 0. The van der Waals surface area contributed by atoms with Crippen LogP contribution in [0.4, 0.5) is 0 Å². The third kappa shape index (κ3) is 3.47. The molecule has 0 saturated carbocycles. The molecule has 1 unspecified atom stereocenters. The second kappa shape index (κ2) is 5.86. The first-order valence-electron chi connectivity index (χ1n) is 3.85. The first-order valence-corrected chi connectivity index (χ1v) is 5.02. The fourth-order valence-electron chi connectivity index (χ4n) is 0.979. The van der Waals surface area contributed by atoms with Crippen LogP contribution in [-0.2, 0) is 0 Å². The Morgan fingerprint density at radius 2 is 2.15 bits per heavy atom. The van der Waals surface area contributed by atoms with Crippen molar-refractivity contribution in [2.45, 2.75) is 19.4 Å². The van der Waals surface area contributed by atoms with E-state index in [2.05, 4.69) is 22.9 Å². The summed E-state index contributed by atoms with van der Waals surface area (Å²) in [4.78, 5) is 0. The maximum absolute atomic E-state index is 5.85. The van der Waals surface area contributed by atoms with Gasteiger partial charge in [0.1, 0.15) is 0 Å². The predicted molar refractivity (Wildman–Crippen MR) is 63.6 cm³/mol. The highest BCUT2D eigenvalue weighted by atomic mass is 79.9. The third-order valence-electron chi connectivity index (χ3n) is 1.81. The number of benzene rings is 1. The van der Waals surface area contributed by atoms with Crippen molar-refractivity contribution in [3.8, 4) is 0 Å². The molecule has 0 spiro atoms. The molecule has 1 aromatic rings. The lowest BCUT2D eigenvalue weighted by Gasteiger charge is -2.09. The second-order valence-electron chi connectivity index (χ2n) is 2.69. The molecule has 0 aliphatic heterocycles. The highest BCUT2D eigenvalue weighted by Gasteiger charge is 2.04. The summed E-state index contributed by atoms with van der Waals surface area (Å²) in [6, 6.07) is 5.90. The van der Waals surface area contributed by atoms with Crippen molar-refractivity contribution in [2.24, 2.45) is 5.73 Å². The van der Waals surface area contributed by atoms with Crippen LogP contribution in [0, 0.1) is 0 Å². The highest BCUT2D eigenvalue weighted by molar-refractivity contribution is 9.10. The van der Waals surface area contributed by atoms with E-state index in [1.807, 2.05) is 18.2 Å². The largest absolute Gasteiger partial charge is 0.324 e. The maximum Gasteiger partial charge on any atom is 0.0548 e. The number of hydrogen-bond donors (Lipinski definition) is 1. The van der Waals surface area contributed by atoms with Crippen LogP contribution < -0.4 is 5.73 Å². The summed E-state index contributed by atoms with van der Waals surface area (Å²) in [6.45, 7) is 2.06. The third-order valence-corrected chi connectivity index (χ3v) is 3.03. The molecule has 2 N–H and O–H groups in total. The van der Waals surface area contributed by atoms with Gasteiger partial charge in [0, 0.05) is 10.5 Å². The van der Waals surface area contributed by atoms with Gasteiger partial charge in [0.2, 0.25) is 0 Å². The van der Waals surface area contributed by atoms with Crippen LogP contribution in [0.25, 0.3) is 0 Å². The van der Waals surface area contributed by atoms with Crippen LogP contribution in [0.15, 0.2) is 22.7 Å². The molecule has 4 heteroatoms. The van der Waals surface area contributed by atoms with E-state index in [1.54, 1.807) is 0 Å². The Morgan fingerprint density at radius 1 is 1.54 bits per heavy atom. The molecule has 1 nitrogen and oxygen atoms in total. The van der Waals surface area contributed by atoms with Gasteiger partial charge in [0.15, 0.2) is 0 Å². The Labute approximate surface area is 98.2 Å². The van der Waals surface area contributed by atoms with E-state index in [9.17, 15) is 0 Å². The number of hydrogen-bond acceptors (Lipinski definition) is 1. The predicted octanol–water partition coefficient (Wildman–Crippen LogP) is 3.93. The maximum atomic E-state index is 5.85. The van der Waals surface area contributed by atoms with Gasteiger partial charge in [-0.3, -0.25) is 0 Å². The van der Waals surface area contributed by atoms with E-state index in [0.29, 0.717) is 0 Å². The van der Waals surface area contributed by atoms with Gasteiger partial charge in [-0.2, -0.15) is 0 Å². The van der Waals surface area contributed by atoms with Gasteiger partial charge < -0.3 is 5.73 Å². The Bertz CT molecular complexity index is 278. The minimum Gasteiger partial charge on any atom is -0.324 e. The summed E-state index contributed by atoms with van der Waals surface area (Å²) in [6.07, 6.45) is 0.939. The summed E-state index contributed by atoms with van der Waals surface area (Å²) >= 11 is 9.20. The summed E-state index contributed by atoms with van der Waals surface area (Å²) in [5, 5.41) is 0.724. The van der Waals surface area contributed by atoms with Crippen molar-refractivity contribution in [3.05, 3.63) is 33.3 Å². The van der Waals surface area contributed by atoms with Crippen molar-refractivity contribution in [1.82, 2.24) is 0 Å². The van der Waals surface area contributed by atoms with Crippen LogP contribution >= 0.6 is 39.9 Å². The van der Waals surface area contributed by atoms with Crippen LogP contribution in [0.5, 0.6) is 0 Å². The molecule has 0 bridgehead atoms. The Hall–Kier alpha value is 0.240. The SMILES string of the molecule is CCC(N)c1ccc(Cl)c(Br)c1.Cl. The average Bonchev–Trinajstić information content (AvgIpc) is 2.08. The van der Waals surface area contributed by atoms with E-state index in [-0.39, 0.29) is 18.4 Å². The van der Waals surface area contributed by atoms with Crippen molar-refractivity contribution in [2.75, 3.05) is 0 Å². The van der Waals surface area contributed by atoms with Gasteiger partial charge in [-0.1, -0.05) is 24.6 Å². The molecule has 74 valence electrons. The quantitative estimate of drug-likeness (QED) is 0.875. The molecular formula is C9H12BrCl2N. The van der Waals surface area contributed by atoms with Crippen LogP contribution in [0.3, 0.4) is 0 Å². The molecule has 1 aromatic carbocycles. The fraction of sp³-hybridized carbons (Fsp3) is 0.333. The zero-order valence-corrected chi connectivity index (χ0v) is 10.4. The molecule has 1 rings (SSSR count). The highest BCUT2D eigenvalue weighted by Crippen LogP contribution is 2.26. The summed E-state index contributed by atoms with van der Waals surface area (Å²) in [5.41, 5.74) is 6.97. The normalized spacial score (nSPS) is 12.0. The lowest BCUT2D eigenvalue weighted by atomic mass is 10.1. The van der Waals surface area contributed by atoms with E-state index in [4.69, 9.17) is 17.3 Å². The molecule has 0 fully saturated rings. The lowest BCUT2D eigenvalue weighted by Crippen LogP contribution is -2.08. The van der Waals surface area contributed by atoms with E-state index >= 15 is 0 Å². The topological polar surface area (TPSA) is 26.0 Å². The smallest absolute Gasteiger partial charge is 0.0548 e. The first-order chi connectivity index (χ1) is 5.65. The van der Waals surface area contributed by atoms with E-state index in [0.717, 1.165) is 21.5 Å². The molecule has 0 saturated heterocycles. The minimum atomic E-state index is 0. The van der Waals surface area contributed by atoms with Gasteiger partial charge in [-0.05, 0) is 40.0 Å². The summed E-state index contributed by atoms with van der Waals surface area (Å²) in [7, 11) is 0. The monoisotopic (exact) mass is 283 g/mol. The van der Waals surface area contributed by atoms with E-state index < -0.39 is 0 Å². The molecular weight excluding hydrogens is 273 g/mol. The average molecular weight is 285 g/mol. The van der Waals surface area contributed by atoms with Gasteiger partial charge in [0.05, 0.1) is 5.02 Å². The molecule has 0 heterocycles. The van der Waals surface area contributed by atoms with Gasteiger partial charge >= 0.3 is 0 Å². The van der Waals surface area contributed by atoms with Crippen molar-refractivity contribution >= 4 is 39.9 Å². The zero-order valence-electron chi connectivity index (χ0n) is 7.26. The fourth-order valence-corrected chi connectivity index (χ4v) is 1.49. The van der Waals surface area contributed by atoms with Gasteiger partial charge in [0.25, 0.3) is 0 Å². The zero-order chi connectivity index (χ0) is 9.14. The Balaban J connectivity index is 0.00000144. The summed E-state index contributed by atoms with van der Waals surface area (Å²) in [5.74, 6) is 0. The second-order valence-corrected chi connectivity index (χ2v) is 3.95. The number of nitrogens with two attached hydrogens (primary N) is 1. The molecule has 0 aliphatic carbocycles. The molecule has 0 aromatic heterocycles.